The summed E-state index contributed by atoms with van der Waals surface area (Å²) in [6.45, 7) is 5.59. The first kappa shape index (κ1) is 25.4. The molecule has 3 heterocycles. The van der Waals surface area contributed by atoms with E-state index >= 15 is 0 Å². The summed E-state index contributed by atoms with van der Waals surface area (Å²) in [5, 5.41) is 1.44. The summed E-state index contributed by atoms with van der Waals surface area (Å²) in [6, 6.07) is 24.5. The third-order valence-electron chi connectivity index (χ3n) is 7.62. The van der Waals surface area contributed by atoms with Crippen LogP contribution < -0.4 is 5.56 Å². The summed E-state index contributed by atoms with van der Waals surface area (Å²) in [4.78, 5) is 37.3. The number of piperidine rings is 1. The number of para-hydroxylation sites is 1. The zero-order chi connectivity index (χ0) is 26.9. The lowest BCUT2D eigenvalue weighted by Crippen LogP contribution is -2.40. The van der Waals surface area contributed by atoms with Crippen molar-refractivity contribution in [2.75, 3.05) is 18.8 Å². The molecule has 0 saturated carbocycles. The highest BCUT2D eigenvalue weighted by molar-refractivity contribution is 7.99. The Morgan fingerprint density at radius 2 is 1.67 bits per heavy atom. The van der Waals surface area contributed by atoms with Gasteiger partial charge < -0.3 is 9.88 Å². The number of aromatic nitrogens is 3. The molecule has 1 aliphatic heterocycles. The summed E-state index contributed by atoms with van der Waals surface area (Å²) in [5.74, 6) is 0.942. The number of likely N-dealkylation sites (tertiary alicyclic amines) is 1. The maximum Gasteiger partial charge on any atom is 0.283 e. The number of carbonyl (C=O) groups is 1. The molecule has 0 bridgehead atoms. The molecule has 1 fully saturated rings. The second kappa shape index (κ2) is 10.7. The SMILES string of the molecule is Cc1cc(C)cc(-n2c(SCC(=O)N3CCC(Cc4ccccc4)CC3)nc3c([nH]c4ccccc43)c2=O)c1. The van der Waals surface area contributed by atoms with Crippen LogP contribution in [0.2, 0.25) is 0 Å². The minimum absolute atomic E-state index is 0.0957. The topological polar surface area (TPSA) is 71.0 Å². The number of hydrogen-bond acceptors (Lipinski definition) is 4. The lowest BCUT2D eigenvalue weighted by atomic mass is 9.90. The molecule has 0 unspecified atom stereocenters. The highest BCUT2D eigenvalue weighted by atomic mass is 32.2. The lowest BCUT2D eigenvalue weighted by molar-refractivity contribution is -0.129. The number of fused-ring (bicyclic) bond motifs is 3. The van der Waals surface area contributed by atoms with Gasteiger partial charge in [-0.15, -0.1) is 0 Å². The highest BCUT2D eigenvalue weighted by Gasteiger charge is 2.24. The summed E-state index contributed by atoms with van der Waals surface area (Å²) in [7, 11) is 0. The molecule has 0 radical (unpaired) electrons. The van der Waals surface area contributed by atoms with Gasteiger partial charge in [0.15, 0.2) is 5.16 Å². The van der Waals surface area contributed by atoms with Gasteiger partial charge >= 0.3 is 0 Å². The highest BCUT2D eigenvalue weighted by Crippen LogP contribution is 2.28. The van der Waals surface area contributed by atoms with Gasteiger partial charge in [-0.1, -0.05) is 66.4 Å². The van der Waals surface area contributed by atoms with Crippen molar-refractivity contribution in [3.63, 3.8) is 0 Å². The Bertz CT molecular complexity index is 1700. The average Bonchev–Trinajstić information content (AvgIpc) is 3.31. The zero-order valence-electron chi connectivity index (χ0n) is 22.3. The summed E-state index contributed by atoms with van der Waals surface area (Å²) in [5.41, 5.74) is 6.11. The Kier molecular flexibility index (Phi) is 7.00. The number of nitrogens with one attached hydrogen (secondary N) is 1. The average molecular weight is 537 g/mol. The molecule has 5 aromatic rings. The maximum absolute atomic E-state index is 13.9. The van der Waals surface area contributed by atoms with Crippen molar-refractivity contribution >= 4 is 39.6 Å². The normalized spacial score (nSPS) is 14.4. The molecule has 3 aromatic carbocycles. The van der Waals surface area contributed by atoms with Crippen molar-refractivity contribution in [2.24, 2.45) is 5.92 Å². The summed E-state index contributed by atoms with van der Waals surface area (Å²) in [6.07, 6.45) is 3.09. The predicted molar refractivity (Wildman–Crippen MR) is 159 cm³/mol. The number of rotatable bonds is 6. The number of carbonyl (C=O) groups excluding carboxylic acids is 1. The van der Waals surface area contributed by atoms with E-state index in [1.807, 2.05) is 61.2 Å². The van der Waals surface area contributed by atoms with Crippen LogP contribution in [0.5, 0.6) is 0 Å². The van der Waals surface area contributed by atoms with Crippen molar-refractivity contribution in [1.29, 1.82) is 0 Å². The van der Waals surface area contributed by atoms with Crippen LogP contribution in [0.15, 0.2) is 82.7 Å². The molecule has 39 heavy (non-hydrogen) atoms. The monoisotopic (exact) mass is 536 g/mol. The van der Waals surface area contributed by atoms with Crippen molar-refractivity contribution in [3.05, 3.63) is 99.8 Å². The van der Waals surface area contributed by atoms with E-state index < -0.39 is 0 Å². The van der Waals surface area contributed by atoms with Gasteiger partial charge in [-0.3, -0.25) is 14.2 Å². The van der Waals surface area contributed by atoms with E-state index in [4.69, 9.17) is 4.98 Å². The van der Waals surface area contributed by atoms with Gasteiger partial charge in [0.25, 0.3) is 5.56 Å². The van der Waals surface area contributed by atoms with E-state index in [0.29, 0.717) is 22.1 Å². The van der Waals surface area contributed by atoms with Crippen molar-refractivity contribution in [1.82, 2.24) is 19.4 Å². The van der Waals surface area contributed by atoms with Crippen LogP contribution in [0.25, 0.3) is 27.6 Å². The van der Waals surface area contributed by atoms with Crippen molar-refractivity contribution < 1.29 is 4.79 Å². The van der Waals surface area contributed by atoms with Crippen LogP contribution >= 0.6 is 11.8 Å². The van der Waals surface area contributed by atoms with Crippen molar-refractivity contribution in [3.8, 4) is 5.69 Å². The summed E-state index contributed by atoms with van der Waals surface area (Å²) < 4.78 is 1.65. The Hall–Kier alpha value is -3.84. The molecule has 1 saturated heterocycles. The third kappa shape index (κ3) is 5.23. The number of hydrogen-bond donors (Lipinski definition) is 1. The molecule has 198 valence electrons. The van der Waals surface area contributed by atoms with Crippen LogP contribution in [-0.2, 0) is 11.2 Å². The molecular formula is C32H32N4O2S. The molecule has 6 rings (SSSR count). The smallest absolute Gasteiger partial charge is 0.283 e. The summed E-state index contributed by atoms with van der Waals surface area (Å²) >= 11 is 1.35. The molecule has 0 aliphatic carbocycles. The Morgan fingerprint density at radius 1 is 0.974 bits per heavy atom. The number of aromatic amines is 1. The fraction of sp³-hybridized carbons (Fsp3) is 0.281. The van der Waals surface area contributed by atoms with E-state index in [0.717, 1.165) is 60.1 Å². The second-order valence-corrected chi connectivity index (χ2v) is 11.5. The molecule has 1 N–H and O–H groups in total. The number of amides is 1. The Balaban J connectivity index is 1.26. The van der Waals surface area contributed by atoms with Gasteiger partial charge in [0.1, 0.15) is 11.0 Å². The number of thioether (sulfide) groups is 1. The molecular weight excluding hydrogens is 504 g/mol. The fourth-order valence-electron chi connectivity index (χ4n) is 5.70. The van der Waals surface area contributed by atoms with Crippen LogP contribution in [0.1, 0.15) is 29.5 Å². The van der Waals surface area contributed by atoms with Gasteiger partial charge in [0, 0.05) is 24.0 Å². The van der Waals surface area contributed by atoms with Gasteiger partial charge in [-0.25, -0.2) is 4.98 Å². The largest absolute Gasteiger partial charge is 0.349 e. The van der Waals surface area contributed by atoms with Gasteiger partial charge in [0.05, 0.1) is 11.4 Å². The first-order valence-electron chi connectivity index (χ1n) is 13.5. The second-order valence-electron chi connectivity index (χ2n) is 10.6. The van der Waals surface area contributed by atoms with Crippen LogP contribution in [0.3, 0.4) is 0 Å². The first-order chi connectivity index (χ1) is 19.0. The molecule has 0 atom stereocenters. The van der Waals surface area contributed by atoms with Crippen molar-refractivity contribution in [2.45, 2.75) is 38.3 Å². The number of nitrogens with zero attached hydrogens (tertiary/aromatic N) is 3. The van der Waals surface area contributed by atoms with Gasteiger partial charge in [-0.05, 0) is 73.9 Å². The number of H-pyrrole nitrogens is 1. The maximum atomic E-state index is 13.9. The third-order valence-corrected chi connectivity index (χ3v) is 8.54. The van der Waals surface area contributed by atoms with Gasteiger partial charge in [-0.2, -0.15) is 0 Å². The quantitative estimate of drug-likeness (QED) is 0.212. The molecule has 7 heteroatoms. The van der Waals surface area contributed by atoms with E-state index in [9.17, 15) is 9.59 Å². The van der Waals surface area contributed by atoms with E-state index in [1.54, 1.807) is 4.57 Å². The van der Waals surface area contributed by atoms with Crippen LogP contribution in [-0.4, -0.2) is 44.2 Å². The van der Waals surface area contributed by atoms with Crippen LogP contribution in [0, 0.1) is 19.8 Å². The molecule has 6 nitrogen and oxygen atoms in total. The standard InChI is InChI=1S/C32H32N4O2S/c1-21-16-22(2)18-25(17-21)36-31(38)30-29(26-10-6-7-11-27(26)33-30)34-32(36)39-20-28(37)35-14-12-24(13-15-35)19-23-8-4-3-5-9-23/h3-11,16-18,24,33H,12-15,19-20H2,1-2H3. The van der Waals surface area contributed by atoms with E-state index in [1.165, 1.54) is 17.3 Å². The minimum Gasteiger partial charge on any atom is -0.349 e. The van der Waals surface area contributed by atoms with Gasteiger partial charge in [0.2, 0.25) is 5.91 Å². The Labute approximate surface area is 232 Å². The minimum atomic E-state index is -0.155. The van der Waals surface area contributed by atoms with Crippen LogP contribution in [0.4, 0.5) is 0 Å². The number of benzene rings is 3. The van der Waals surface area contributed by atoms with E-state index in [-0.39, 0.29) is 17.2 Å². The predicted octanol–water partition coefficient (Wildman–Crippen LogP) is 6.06. The molecule has 0 spiro atoms. The molecule has 2 aromatic heterocycles. The lowest BCUT2D eigenvalue weighted by Gasteiger charge is -2.32. The molecule has 1 amide bonds. The molecule has 1 aliphatic rings. The first-order valence-corrected chi connectivity index (χ1v) is 14.5. The van der Waals surface area contributed by atoms with E-state index in [2.05, 4.69) is 35.3 Å². The Morgan fingerprint density at radius 3 is 2.41 bits per heavy atom. The number of aryl methyl sites for hydroxylation is 2. The fourth-order valence-corrected chi connectivity index (χ4v) is 6.61. The zero-order valence-corrected chi connectivity index (χ0v) is 23.1.